The summed E-state index contributed by atoms with van der Waals surface area (Å²) in [5, 5.41) is 4.01. The van der Waals surface area contributed by atoms with Crippen molar-refractivity contribution in [2.45, 2.75) is 4.90 Å². The highest BCUT2D eigenvalue weighted by molar-refractivity contribution is 7.92. The van der Waals surface area contributed by atoms with Crippen LogP contribution in [0.5, 0.6) is 5.75 Å². The second kappa shape index (κ2) is 11.3. The average Bonchev–Trinajstić information content (AvgIpc) is 2.80. The van der Waals surface area contributed by atoms with Gasteiger partial charge in [0.15, 0.2) is 6.61 Å². The Bertz CT molecular complexity index is 1170. The Labute approximate surface area is 196 Å². The third-order valence-corrected chi connectivity index (χ3v) is 6.31. The zero-order chi connectivity index (χ0) is 24.6. The van der Waals surface area contributed by atoms with Gasteiger partial charge in [-0.1, -0.05) is 29.8 Å². The quantitative estimate of drug-likeness (QED) is 0.403. The van der Waals surface area contributed by atoms with Crippen molar-refractivity contribution >= 4 is 45.2 Å². The first-order valence-electron chi connectivity index (χ1n) is 9.40. The topological polar surface area (TPSA) is 131 Å². The SMILES string of the molecule is C=CCN(c1ccccc1OC)S(=O)(=O)c1ccc(Cl)c(C(=O)OCC(=O)NC(=O)NC)c1. The van der Waals surface area contributed by atoms with Crippen LogP contribution in [-0.4, -0.2) is 53.6 Å². The number of methoxy groups -OCH3 is 1. The van der Waals surface area contributed by atoms with Crippen molar-refractivity contribution in [3.8, 4) is 5.75 Å². The number of anilines is 1. The molecular weight excluding hydrogens is 474 g/mol. The summed E-state index contributed by atoms with van der Waals surface area (Å²) < 4.78 is 38.0. The molecule has 10 nitrogen and oxygen atoms in total. The van der Waals surface area contributed by atoms with Gasteiger partial charge in [0.2, 0.25) is 0 Å². The van der Waals surface area contributed by atoms with Gasteiger partial charge < -0.3 is 14.8 Å². The summed E-state index contributed by atoms with van der Waals surface area (Å²) in [5.74, 6) is -1.61. The standard InChI is InChI=1S/C21H22ClN3O7S/c1-4-11-25(17-7-5-6-8-18(17)31-3)33(29,30)14-9-10-16(22)15(12-14)20(27)32-13-19(26)24-21(28)23-2/h4-10,12H,1,11,13H2,2-3H3,(H2,23,24,26,28). The molecule has 0 saturated carbocycles. The molecule has 0 radical (unpaired) electrons. The third-order valence-electron chi connectivity index (χ3n) is 4.21. The first kappa shape index (κ1) is 25.7. The zero-order valence-corrected chi connectivity index (χ0v) is 19.4. The van der Waals surface area contributed by atoms with Gasteiger partial charge in [-0.05, 0) is 30.3 Å². The summed E-state index contributed by atoms with van der Waals surface area (Å²) in [6.45, 7) is 2.75. The van der Waals surface area contributed by atoms with Crippen LogP contribution in [0.1, 0.15) is 10.4 Å². The number of esters is 1. The Morgan fingerprint density at radius 1 is 1.18 bits per heavy atom. The van der Waals surface area contributed by atoms with E-state index in [1.807, 2.05) is 5.32 Å². The van der Waals surface area contributed by atoms with Gasteiger partial charge in [0.05, 0.1) is 34.8 Å². The van der Waals surface area contributed by atoms with Crippen LogP contribution in [0.4, 0.5) is 10.5 Å². The molecule has 0 bridgehead atoms. The molecule has 0 aliphatic heterocycles. The highest BCUT2D eigenvalue weighted by Gasteiger charge is 2.28. The lowest BCUT2D eigenvalue weighted by molar-refractivity contribution is -0.123. The lowest BCUT2D eigenvalue weighted by atomic mass is 10.2. The largest absolute Gasteiger partial charge is 0.495 e. The Morgan fingerprint density at radius 2 is 1.88 bits per heavy atom. The van der Waals surface area contributed by atoms with Crippen molar-refractivity contribution in [3.63, 3.8) is 0 Å². The van der Waals surface area contributed by atoms with E-state index in [9.17, 15) is 22.8 Å². The normalized spacial score (nSPS) is 10.6. The second-order valence-electron chi connectivity index (χ2n) is 6.34. The number of ether oxygens (including phenoxy) is 2. The number of hydrogen-bond acceptors (Lipinski definition) is 7. The van der Waals surface area contributed by atoms with E-state index < -0.39 is 34.5 Å². The fourth-order valence-corrected chi connectivity index (χ4v) is 4.33. The number of amides is 3. The monoisotopic (exact) mass is 495 g/mol. The minimum absolute atomic E-state index is 0.0786. The predicted octanol–water partition coefficient (Wildman–Crippen LogP) is 2.34. The number of carbonyl (C=O) groups excluding carboxylic acids is 3. The molecule has 2 aromatic carbocycles. The fraction of sp³-hybridized carbons (Fsp3) is 0.190. The number of nitrogens with zero attached hydrogens (tertiary/aromatic N) is 1. The molecule has 0 aliphatic rings. The third kappa shape index (κ3) is 6.24. The van der Waals surface area contributed by atoms with E-state index in [1.54, 1.807) is 24.3 Å². The molecule has 0 fully saturated rings. The maximum absolute atomic E-state index is 13.4. The Balaban J connectivity index is 2.37. The van der Waals surface area contributed by atoms with Gasteiger partial charge in [-0.2, -0.15) is 0 Å². The number of urea groups is 1. The second-order valence-corrected chi connectivity index (χ2v) is 8.61. The number of sulfonamides is 1. The summed E-state index contributed by atoms with van der Waals surface area (Å²) >= 11 is 6.06. The molecule has 2 rings (SSSR count). The van der Waals surface area contributed by atoms with Gasteiger partial charge in [0.25, 0.3) is 15.9 Å². The summed E-state index contributed by atoms with van der Waals surface area (Å²) in [7, 11) is -1.47. The van der Waals surface area contributed by atoms with Crippen LogP contribution >= 0.6 is 11.6 Å². The molecular formula is C21H22ClN3O7S. The molecule has 33 heavy (non-hydrogen) atoms. The van der Waals surface area contributed by atoms with E-state index in [1.165, 1.54) is 32.4 Å². The summed E-state index contributed by atoms with van der Waals surface area (Å²) in [6, 6.07) is 9.24. The van der Waals surface area contributed by atoms with E-state index in [0.29, 0.717) is 5.75 Å². The number of benzene rings is 2. The number of halogens is 1. The van der Waals surface area contributed by atoms with E-state index in [0.717, 1.165) is 10.4 Å². The molecule has 2 N–H and O–H groups in total. The number of nitrogens with one attached hydrogen (secondary N) is 2. The highest BCUT2D eigenvalue weighted by Crippen LogP contribution is 2.33. The maximum Gasteiger partial charge on any atom is 0.340 e. The summed E-state index contributed by atoms with van der Waals surface area (Å²) in [4.78, 5) is 35.0. The lowest BCUT2D eigenvalue weighted by Gasteiger charge is -2.25. The Morgan fingerprint density at radius 3 is 2.52 bits per heavy atom. The minimum atomic E-state index is -4.19. The van der Waals surface area contributed by atoms with Crippen molar-refractivity contribution in [3.05, 3.63) is 65.7 Å². The van der Waals surface area contributed by atoms with Crippen molar-refractivity contribution < 1.29 is 32.3 Å². The lowest BCUT2D eigenvalue weighted by Crippen LogP contribution is -2.39. The summed E-state index contributed by atoms with van der Waals surface area (Å²) in [5.41, 5.74) is -0.00564. The number of imide groups is 1. The maximum atomic E-state index is 13.4. The van der Waals surface area contributed by atoms with Gasteiger partial charge >= 0.3 is 12.0 Å². The molecule has 2 aromatic rings. The number of hydrogen-bond donors (Lipinski definition) is 2. The molecule has 0 heterocycles. The minimum Gasteiger partial charge on any atom is -0.495 e. The molecule has 0 unspecified atom stereocenters. The molecule has 12 heteroatoms. The molecule has 0 atom stereocenters. The van der Waals surface area contributed by atoms with Crippen molar-refractivity contribution in [2.24, 2.45) is 0 Å². The fourth-order valence-electron chi connectivity index (χ4n) is 2.66. The Kier molecular flexibility index (Phi) is 8.83. The van der Waals surface area contributed by atoms with Crippen LogP contribution in [-0.2, 0) is 19.6 Å². The highest BCUT2D eigenvalue weighted by atomic mass is 35.5. The molecule has 3 amide bonds. The van der Waals surface area contributed by atoms with E-state index in [2.05, 4.69) is 11.9 Å². The van der Waals surface area contributed by atoms with Crippen molar-refractivity contribution in [2.75, 3.05) is 31.6 Å². The molecule has 0 aromatic heterocycles. The smallest absolute Gasteiger partial charge is 0.340 e. The van der Waals surface area contributed by atoms with Gasteiger partial charge in [0, 0.05) is 7.05 Å². The number of rotatable bonds is 9. The van der Waals surface area contributed by atoms with Crippen molar-refractivity contribution in [1.29, 1.82) is 0 Å². The Hall–Kier alpha value is -3.57. The molecule has 0 aliphatic carbocycles. The van der Waals surface area contributed by atoms with Crippen LogP contribution in [0.25, 0.3) is 0 Å². The van der Waals surface area contributed by atoms with Crippen molar-refractivity contribution in [1.82, 2.24) is 10.6 Å². The first-order chi connectivity index (χ1) is 15.6. The van der Waals surface area contributed by atoms with Crippen LogP contribution in [0, 0.1) is 0 Å². The molecule has 0 spiro atoms. The molecule has 176 valence electrons. The van der Waals surface area contributed by atoms with E-state index >= 15 is 0 Å². The number of carbonyl (C=O) groups is 3. The molecule has 0 saturated heterocycles. The predicted molar refractivity (Wildman–Crippen MR) is 122 cm³/mol. The van der Waals surface area contributed by atoms with Crippen LogP contribution in [0.2, 0.25) is 5.02 Å². The van der Waals surface area contributed by atoms with Gasteiger partial charge in [0.1, 0.15) is 5.75 Å². The summed E-state index contributed by atoms with van der Waals surface area (Å²) in [6.07, 6.45) is 1.40. The first-order valence-corrected chi connectivity index (χ1v) is 11.2. The van der Waals surface area contributed by atoms with Crippen LogP contribution < -0.4 is 19.7 Å². The van der Waals surface area contributed by atoms with Crippen LogP contribution in [0.15, 0.2) is 60.0 Å². The van der Waals surface area contributed by atoms with E-state index in [-0.39, 0.29) is 27.7 Å². The van der Waals surface area contributed by atoms with E-state index in [4.69, 9.17) is 21.1 Å². The van der Waals surface area contributed by atoms with Crippen LogP contribution in [0.3, 0.4) is 0 Å². The van der Waals surface area contributed by atoms with Gasteiger partial charge in [-0.15, -0.1) is 6.58 Å². The van der Waals surface area contributed by atoms with Gasteiger partial charge in [-0.25, -0.2) is 18.0 Å². The average molecular weight is 496 g/mol. The number of para-hydroxylation sites is 2. The van der Waals surface area contributed by atoms with Gasteiger partial charge in [-0.3, -0.25) is 14.4 Å². The zero-order valence-electron chi connectivity index (χ0n) is 17.8.